The highest BCUT2D eigenvalue weighted by atomic mass is 79.9. The summed E-state index contributed by atoms with van der Waals surface area (Å²) in [5.41, 5.74) is 4.07. The third kappa shape index (κ3) is 4.02. The van der Waals surface area contributed by atoms with Crippen LogP contribution in [0.2, 0.25) is 0 Å². The van der Waals surface area contributed by atoms with Gasteiger partial charge in [0, 0.05) is 10.2 Å². The number of thiophene rings is 1. The lowest BCUT2D eigenvalue weighted by Gasteiger charge is -2.07. The van der Waals surface area contributed by atoms with E-state index >= 15 is 0 Å². The highest BCUT2D eigenvalue weighted by Crippen LogP contribution is 2.25. The Labute approximate surface area is 140 Å². The highest BCUT2D eigenvalue weighted by Gasteiger charge is 2.16. The van der Waals surface area contributed by atoms with E-state index in [1.807, 2.05) is 6.07 Å². The normalized spacial score (nSPS) is 9.95. The zero-order valence-corrected chi connectivity index (χ0v) is 14.4. The van der Waals surface area contributed by atoms with E-state index in [1.54, 1.807) is 43.5 Å². The molecule has 0 bridgehead atoms. The van der Waals surface area contributed by atoms with Gasteiger partial charge in [0.25, 0.3) is 11.8 Å². The van der Waals surface area contributed by atoms with Crippen LogP contribution in [0.15, 0.2) is 45.3 Å². The number of anilines is 1. The Hall–Kier alpha value is -1.99. The molecule has 1 aromatic heterocycles. The second-order valence-corrected chi connectivity index (χ2v) is 6.37. The van der Waals surface area contributed by atoms with Crippen molar-refractivity contribution < 1.29 is 9.59 Å². The summed E-state index contributed by atoms with van der Waals surface area (Å²) in [6, 6.07) is 8.75. The van der Waals surface area contributed by atoms with Crippen molar-refractivity contribution in [3.05, 3.63) is 51.3 Å². The van der Waals surface area contributed by atoms with Crippen LogP contribution in [0.4, 0.5) is 5.00 Å². The first kappa shape index (κ1) is 16.4. The minimum atomic E-state index is -0.357. The van der Waals surface area contributed by atoms with E-state index in [9.17, 15) is 9.59 Å². The lowest BCUT2D eigenvalue weighted by molar-refractivity contribution is 0.0956. The van der Waals surface area contributed by atoms with Crippen molar-refractivity contribution in [3.63, 3.8) is 0 Å². The Morgan fingerprint density at radius 1 is 1.09 bits per heavy atom. The molecule has 0 fully saturated rings. The number of carbonyl (C=O) groups is 2. The number of amides is 2. The molecule has 0 radical (unpaired) electrons. The molecule has 0 aliphatic heterocycles. The quantitative estimate of drug-likeness (QED) is 0.624. The van der Waals surface area contributed by atoms with E-state index in [0.29, 0.717) is 20.6 Å². The van der Waals surface area contributed by atoms with Gasteiger partial charge in [0.2, 0.25) is 0 Å². The molecule has 0 aliphatic rings. The van der Waals surface area contributed by atoms with Gasteiger partial charge < -0.3 is 5.32 Å². The summed E-state index contributed by atoms with van der Waals surface area (Å²) in [5, 5.41) is 8.86. The average molecular weight is 380 g/mol. The summed E-state index contributed by atoms with van der Waals surface area (Å²) in [4.78, 5) is 24.3. The van der Waals surface area contributed by atoms with Gasteiger partial charge in [0.15, 0.2) is 0 Å². The number of halogens is 1. The summed E-state index contributed by atoms with van der Waals surface area (Å²) >= 11 is 4.62. The van der Waals surface area contributed by atoms with Crippen molar-refractivity contribution in [1.29, 1.82) is 0 Å². The van der Waals surface area contributed by atoms with Gasteiger partial charge >= 0.3 is 0 Å². The topological polar surface area (TPSA) is 70.6 Å². The number of hydrazone groups is 1. The van der Waals surface area contributed by atoms with E-state index in [0.717, 1.165) is 5.71 Å². The number of nitrogens with one attached hydrogen (secondary N) is 2. The monoisotopic (exact) mass is 379 g/mol. The van der Waals surface area contributed by atoms with Crippen LogP contribution in [0.5, 0.6) is 0 Å². The molecular weight excluding hydrogens is 366 g/mol. The molecule has 0 spiro atoms. The van der Waals surface area contributed by atoms with E-state index in [2.05, 4.69) is 31.8 Å². The van der Waals surface area contributed by atoms with Gasteiger partial charge in [-0.3, -0.25) is 9.59 Å². The predicted molar refractivity (Wildman–Crippen MR) is 92.7 cm³/mol. The molecule has 2 rings (SSSR count). The van der Waals surface area contributed by atoms with Crippen LogP contribution in [-0.4, -0.2) is 17.5 Å². The third-order valence-electron chi connectivity index (χ3n) is 2.64. The van der Waals surface area contributed by atoms with Crippen molar-refractivity contribution in [2.75, 3.05) is 5.32 Å². The molecule has 5 nitrogen and oxygen atoms in total. The molecule has 0 unspecified atom stereocenters. The van der Waals surface area contributed by atoms with Gasteiger partial charge in [0.1, 0.15) is 5.00 Å². The molecule has 0 aliphatic carbocycles. The van der Waals surface area contributed by atoms with Crippen LogP contribution >= 0.6 is 27.3 Å². The zero-order chi connectivity index (χ0) is 16.1. The van der Waals surface area contributed by atoms with Crippen molar-refractivity contribution in [2.45, 2.75) is 13.8 Å². The van der Waals surface area contributed by atoms with Gasteiger partial charge in [-0.05, 0) is 53.4 Å². The standard InChI is InChI=1S/C15H14BrN3O2S/c1-9(2)18-19-14(21)11-7-8-22-15(11)17-13(20)10-5-3-4-6-12(10)16/h3-8H,1-2H3,(H,17,20)(H,19,21). The maximum absolute atomic E-state index is 12.3. The molecule has 0 saturated heterocycles. The van der Waals surface area contributed by atoms with Crippen molar-refractivity contribution >= 4 is 49.8 Å². The van der Waals surface area contributed by atoms with Crippen LogP contribution in [0.3, 0.4) is 0 Å². The largest absolute Gasteiger partial charge is 0.313 e. The number of hydrogen-bond donors (Lipinski definition) is 2. The second kappa shape index (κ2) is 7.33. The summed E-state index contributed by atoms with van der Waals surface area (Å²) in [6.45, 7) is 3.56. The third-order valence-corrected chi connectivity index (χ3v) is 4.16. The van der Waals surface area contributed by atoms with Crippen molar-refractivity contribution in [3.8, 4) is 0 Å². The minimum Gasteiger partial charge on any atom is -0.313 e. The first-order valence-electron chi connectivity index (χ1n) is 6.43. The van der Waals surface area contributed by atoms with E-state index < -0.39 is 0 Å². The van der Waals surface area contributed by atoms with Crippen molar-refractivity contribution in [1.82, 2.24) is 5.43 Å². The number of hydrogen-bond acceptors (Lipinski definition) is 4. The first-order valence-corrected chi connectivity index (χ1v) is 8.11. The predicted octanol–water partition coefficient (Wildman–Crippen LogP) is 3.89. The number of carbonyl (C=O) groups excluding carboxylic acids is 2. The summed E-state index contributed by atoms with van der Waals surface area (Å²) in [7, 11) is 0. The maximum atomic E-state index is 12.3. The second-order valence-electron chi connectivity index (χ2n) is 4.60. The zero-order valence-electron chi connectivity index (χ0n) is 12.0. The Bertz CT molecular complexity index is 736. The molecule has 7 heteroatoms. The summed E-state index contributed by atoms with van der Waals surface area (Å²) < 4.78 is 0.696. The fourth-order valence-electron chi connectivity index (χ4n) is 1.62. The molecular formula is C15H14BrN3O2S. The fourth-order valence-corrected chi connectivity index (χ4v) is 2.87. The number of rotatable bonds is 4. The molecule has 22 heavy (non-hydrogen) atoms. The Kier molecular flexibility index (Phi) is 5.46. The molecule has 1 heterocycles. The Balaban J connectivity index is 2.16. The molecule has 2 N–H and O–H groups in total. The van der Waals surface area contributed by atoms with Gasteiger partial charge in [-0.15, -0.1) is 11.3 Å². The van der Waals surface area contributed by atoms with Gasteiger partial charge in [-0.25, -0.2) is 5.43 Å². The number of benzene rings is 1. The smallest absolute Gasteiger partial charge is 0.274 e. The van der Waals surface area contributed by atoms with Crippen molar-refractivity contribution in [2.24, 2.45) is 5.10 Å². The summed E-state index contributed by atoms with van der Waals surface area (Å²) in [6.07, 6.45) is 0. The number of nitrogens with zero attached hydrogens (tertiary/aromatic N) is 1. The van der Waals surface area contributed by atoms with Crippen LogP contribution < -0.4 is 10.7 Å². The molecule has 1 aromatic carbocycles. The molecule has 2 amide bonds. The molecule has 114 valence electrons. The van der Waals surface area contributed by atoms with Gasteiger partial charge in [-0.1, -0.05) is 12.1 Å². The Morgan fingerprint density at radius 2 is 1.82 bits per heavy atom. The van der Waals surface area contributed by atoms with E-state index in [4.69, 9.17) is 0 Å². The summed E-state index contributed by atoms with van der Waals surface area (Å²) in [5.74, 6) is -0.635. The lowest BCUT2D eigenvalue weighted by Crippen LogP contribution is -2.20. The van der Waals surface area contributed by atoms with Crippen LogP contribution in [-0.2, 0) is 0 Å². The van der Waals surface area contributed by atoms with Crippen LogP contribution in [0, 0.1) is 0 Å². The van der Waals surface area contributed by atoms with Gasteiger partial charge in [-0.2, -0.15) is 5.10 Å². The SMILES string of the molecule is CC(C)=NNC(=O)c1ccsc1NC(=O)c1ccccc1Br. The Morgan fingerprint density at radius 3 is 2.50 bits per heavy atom. The molecule has 0 saturated carbocycles. The van der Waals surface area contributed by atoms with E-state index in [1.165, 1.54) is 11.3 Å². The van der Waals surface area contributed by atoms with E-state index in [-0.39, 0.29) is 11.8 Å². The first-order chi connectivity index (χ1) is 10.5. The fraction of sp³-hybridized carbons (Fsp3) is 0.133. The minimum absolute atomic E-state index is 0.279. The van der Waals surface area contributed by atoms with Crippen LogP contribution in [0.25, 0.3) is 0 Å². The maximum Gasteiger partial charge on any atom is 0.274 e. The van der Waals surface area contributed by atoms with Gasteiger partial charge in [0.05, 0.1) is 11.1 Å². The van der Waals surface area contributed by atoms with Crippen LogP contribution in [0.1, 0.15) is 34.6 Å². The molecule has 2 aromatic rings. The lowest BCUT2D eigenvalue weighted by atomic mass is 10.2. The average Bonchev–Trinajstić information content (AvgIpc) is 2.93. The molecule has 0 atom stereocenters. The highest BCUT2D eigenvalue weighted by molar-refractivity contribution is 9.10.